The van der Waals surface area contributed by atoms with E-state index in [-0.39, 0.29) is 21.8 Å². The van der Waals surface area contributed by atoms with Crippen LogP contribution >= 0.6 is 0 Å². The number of sulfonamides is 1. The van der Waals surface area contributed by atoms with Gasteiger partial charge in [0.1, 0.15) is 11.5 Å². The SMILES string of the molecule is Cc1c(NS(=O)(=O)c2ccc(C(=O)Nc3cccc(F)c3)cc2)c(=O)n(-c2ccccc2)n1C. The molecule has 2 N–H and O–H groups in total. The minimum atomic E-state index is -4.11. The molecule has 0 saturated heterocycles. The first-order valence-corrected chi connectivity index (χ1v) is 11.7. The quantitative estimate of drug-likeness (QED) is 0.440. The number of nitrogens with one attached hydrogen (secondary N) is 2. The van der Waals surface area contributed by atoms with E-state index in [1.54, 1.807) is 42.9 Å². The number of amides is 1. The molecule has 10 heteroatoms. The van der Waals surface area contributed by atoms with E-state index in [9.17, 15) is 22.4 Å². The zero-order valence-corrected chi connectivity index (χ0v) is 19.1. The third kappa shape index (κ3) is 4.48. The maximum Gasteiger partial charge on any atom is 0.296 e. The van der Waals surface area contributed by atoms with Crippen molar-refractivity contribution in [3.63, 3.8) is 0 Å². The molecular formula is C24H21FN4O4S. The maximum atomic E-state index is 13.3. The number of aromatic nitrogens is 2. The second-order valence-electron chi connectivity index (χ2n) is 7.53. The van der Waals surface area contributed by atoms with Crippen LogP contribution in [-0.4, -0.2) is 23.7 Å². The largest absolute Gasteiger partial charge is 0.322 e. The van der Waals surface area contributed by atoms with Gasteiger partial charge in [-0.25, -0.2) is 17.5 Å². The van der Waals surface area contributed by atoms with E-state index in [0.717, 1.165) is 0 Å². The molecule has 0 spiro atoms. The highest BCUT2D eigenvalue weighted by molar-refractivity contribution is 7.92. The van der Waals surface area contributed by atoms with Crippen LogP contribution in [0.1, 0.15) is 16.1 Å². The van der Waals surface area contributed by atoms with Gasteiger partial charge in [-0.05, 0) is 61.5 Å². The van der Waals surface area contributed by atoms with Gasteiger partial charge in [0.25, 0.3) is 21.5 Å². The normalized spacial score (nSPS) is 11.3. The van der Waals surface area contributed by atoms with Gasteiger partial charge in [-0.3, -0.25) is 19.0 Å². The van der Waals surface area contributed by atoms with Crippen LogP contribution in [0.15, 0.2) is 88.6 Å². The Morgan fingerprint density at radius 2 is 1.62 bits per heavy atom. The Labute approximate surface area is 195 Å². The second kappa shape index (κ2) is 8.99. The fourth-order valence-corrected chi connectivity index (χ4v) is 4.55. The highest BCUT2D eigenvalue weighted by Crippen LogP contribution is 2.20. The lowest BCUT2D eigenvalue weighted by molar-refractivity contribution is 0.102. The number of carbonyl (C=O) groups is 1. The fourth-order valence-electron chi connectivity index (χ4n) is 3.43. The molecule has 1 amide bonds. The fraction of sp³-hybridized carbons (Fsp3) is 0.0833. The molecule has 34 heavy (non-hydrogen) atoms. The third-order valence-corrected chi connectivity index (χ3v) is 6.67. The van der Waals surface area contributed by atoms with Crippen LogP contribution in [0, 0.1) is 12.7 Å². The molecule has 4 rings (SSSR count). The van der Waals surface area contributed by atoms with Gasteiger partial charge in [-0.1, -0.05) is 24.3 Å². The van der Waals surface area contributed by atoms with Crippen molar-refractivity contribution in [3.05, 3.63) is 106 Å². The lowest BCUT2D eigenvalue weighted by Crippen LogP contribution is -2.23. The summed E-state index contributed by atoms with van der Waals surface area (Å²) >= 11 is 0. The van der Waals surface area contributed by atoms with E-state index in [0.29, 0.717) is 11.4 Å². The molecule has 0 radical (unpaired) electrons. The van der Waals surface area contributed by atoms with Crippen LogP contribution < -0.4 is 15.6 Å². The number of carbonyl (C=O) groups excluding carboxylic acids is 1. The van der Waals surface area contributed by atoms with Crippen LogP contribution in [0.25, 0.3) is 5.69 Å². The van der Waals surface area contributed by atoms with Crippen molar-refractivity contribution in [1.82, 2.24) is 9.36 Å². The van der Waals surface area contributed by atoms with Gasteiger partial charge in [0.2, 0.25) is 0 Å². The van der Waals surface area contributed by atoms with Gasteiger partial charge in [0.15, 0.2) is 0 Å². The molecule has 0 aliphatic heterocycles. The monoisotopic (exact) mass is 480 g/mol. The van der Waals surface area contributed by atoms with Crippen molar-refractivity contribution in [1.29, 1.82) is 0 Å². The number of halogens is 1. The predicted molar refractivity (Wildman–Crippen MR) is 127 cm³/mol. The van der Waals surface area contributed by atoms with Crippen LogP contribution in [0.2, 0.25) is 0 Å². The van der Waals surface area contributed by atoms with Gasteiger partial charge >= 0.3 is 0 Å². The molecular weight excluding hydrogens is 459 g/mol. The van der Waals surface area contributed by atoms with Crippen LogP contribution in [-0.2, 0) is 17.1 Å². The molecule has 0 aliphatic carbocycles. The van der Waals surface area contributed by atoms with E-state index in [4.69, 9.17) is 0 Å². The summed E-state index contributed by atoms with van der Waals surface area (Å²) in [5.74, 6) is -1.01. The Morgan fingerprint density at radius 1 is 0.941 bits per heavy atom. The summed E-state index contributed by atoms with van der Waals surface area (Å²) in [6.45, 7) is 1.64. The molecule has 0 unspecified atom stereocenters. The number of para-hydroxylation sites is 1. The van der Waals surface area contributed by atoms with Gasteiger partial charge in [0, 0.05) is 18.3 Å². The second-order valence-corrected chi connectivity index (χ2v) is 9.21. The first-order valence-electron chi connectivity index (χ1n) is 10.2. The van der Waals surface area contributed by atoms with Crippen LogP contribution in [0.4, 0.5) is 15.8 Å². The van der Waals surface area contributed by atoms with Crippen molar-refractivity contribution < 1.29 is 17.6 Å². The first kappa shape index (κ1) is 23.0. The molecule has 0 aliphatic rings. The van der Waals surface area contributed by atoms with E-state index < -0.39 is 27.3 Å². The summed E-state index contributed by atoms with van der Waals surface area (Å²) in [4.78, 5) is 25.3. The highest BCUT2D eigenvalue weighted by atomic mass is 32.2. The molecule has 1 heterocycles. The zero-order chi connectivity index (χ0) is 24.5. The Hall–Kier alpha value is -4.18. The van der Waals surface area contributed by atoms with Crippen molar-refractivity contribution in [2.75, 3.05) is 10.0 Å². The van der Waals surface area contributed by atoms with Gasteiger partial charge in [0.05, 0.1) is 16.3 Å². The number of hydrogen-bond donors (Lipinski definition) is 2. The Balaban J connectivity index is 1.58. The summed E-state index contributed by atoms with van der Waals surface area (Å²) in [5.41, 5.74) is 0.907. The Morgan fingerprint density at radius 3 is 2.26 bits per heavy atom. The van der Waals surface area contributed by atoms with Crippen molar-refractivity contribution in [2.45, 2.75) is 11.8 Å². The Kier molecular flexibility index (Phi) is 6.08. The molecule has 174 valence electrons. The van der Waals surface area contributed by atoms with E-state index in [2.05, 4.69) is 10.0 Å². The standard InChI is InChI=1S/C24H21FN4O4S/c1-16-22(24(31)29(28(16)2)20-9-4-3-5-10-20)27-34(32,33)21-13-11-17(12-14-21)23(30)26-19-8-6-7-18(25)15-19/h3-15,27H,1-2H3,(H,26,30). The van der Waals surface area contributed by atoms with Gasteiger partial charge in [-0.15, -0.1) is 0 Å². The average Bonchev–Trinajstić information content (AvgIpc) is 3.02. The van der Waals surface area contributed by atoms with Gasteiger partial charge < -0.3 is 5.32 Å². The number of rotatable bonds is 6. The molecule has 0 fully saturated rings. The molecule has 8 nitrogen and oxygen atoms in total. The minimum absolute atomic E-state index is 0.0701. The third-order valence-electron chi connectivity index (χ3n) is 5.30. The van der Waals surface area contributed by atoms with E-state index in [1.165, 1.54) is 53.2 Å². The smallest absolute Gasteiger partial charge is 0.296 e. The average molecular weight is 481 g/mol. The number of nitrogens with zero attached hydrogens (tertiary/aromatic N) is 2. The zero-order valence-electron chi connectivity index (χ0n) is 18.3. The Bertz CT molecular complexity index is 1530. The lowest BCUT2D eigenvalue weighted by atomic mass is 10.2. The topological polar surface area (TPSA) is 102 Å². The molecule has 0 atom stereocenters. The number of benzene rings is 3. The van der Waals surface area contributed by atoms with E-state index >= 15 is 0 Å². The summed E-state index contributed by atoms with van der Waals surface area (Å²) in [7, 11) is -2.45. The summed E-state index contributed by atoms with van der Waals surface area (Å²) in [5, 5.41) is 2.55. The summed E-state index contributed by atoms with van der Waals surface area (Å²) < 4.78 is 44.5. The van der Waals surface area contributed by atoms with Crippen LogP contribution in [0.5, 0.6) is 0 Å². The van der Waals surface area contributed by atoms with Crippen molar-refractivity contribution in [3.8, 4) is 5.69 Å². The maximum absolute atomic E-state index is 13.3. The number of hydrogen-bond acceptors (Lipinski definition) is 4. The number of anilines is 2. The van der Waals surface area contributed by atoms with Crippen LogP contribution in [0.3, 0.4) is 0 Å². The molecule has 1 aromatic heterocycles. The lowest BCUT2D eigenvalue weighted by Gasteiger charge is -2.09. The van der Waals surface area contributed by atoms with Gasteiger partial charge in [-0.2, -0.15) is 0 Å². The molecule has 0 saturated carbocycles. The highest BCUT2D eigenvalue weighted by Gasteiger charge is 2.22. The molecule has 0 bridgehead atoms. The van der Waals surface area contributed by atoms with Crippen molar-refractivity contribution in [2.24, 2.45) is 7.05 Å². The molecule has 3 aromatic carbocycles. The molecule has 4 aromatic rings. The van der Waals surface area contributed by atoms with Crippen molar-refractivity contribution >= 4 is 27.3 Å². The van der Waals surface area contributed by atoms with E-state index in [1.807, 2.05) is 6.07 Å². The summed E-state index contributed by atoms with van der Waals surface area (Å²) in [6, 6.07) is 19.5. The minimum Gasteiger partial charge on any atom is -0.322 e. The summed E-state index contributed by atoms with van der Waals surface area (Å²) in [6.07, 6.45) is 0. The predicted octanol–water partition coefficient (Wildman–Crippen LogP) is 3.68. The first-order chi connectivity index (χ1) is 16.2.